The van der Waals surface area contributed by atoms with Crippen molar-refractivity contribution in [2.45, 2.75) is 19.8 Å². The van der Waals surface area contributed by atoms with E-state index in [9.17, 15) is 4.79 Å². The second-order valence-corrected chi connectivity index (χ2v) is 4.56. The van der Waals surface area contributed by atoms with Crippen molar-refractivity contribution in [2.24, 2.45) is 0 Å². The van der Waals surface area contributed by atoms with Gasteiger partial charge in [0.1, 0.15) is 5.15 Å². The molecule has 1 aromatic rings. The van der Waals surface area contributed by atoms with Crippen LogP contribution in [0.5, 0.6) is 0 Å². The fourth-order valence-electron chi connectivity index (χ4n) is 1.19. The molecule has 1 heterocycles. The molecule has 1 aromatic heterocycles. The highest BCUT2D eigenvalue weighted by Gasteiger charge is 2.05. The van der Waals surface area contributed by atoms with Crippen LogP contribution >= 0.6 is 27.5 Å². The van der Waals surface area contributed by atoms with Crippen LogP contribution in [0.25, 0.3) is 0 Å². The molecule has 0 atom stereocenters. The first-order valence-corrected chi connectivity index (χ1v) is 6.49. The van der Waals surface area contributed by atoms with E-state index in [-0.39, 0.29) is 5.91 Å². The van der Waals surface area contributed by atoms with E-state index in [1.165, 1.54) is 6.20 Å². The topological polar surface area (TPSA) is 51.2 Å². The largest absolute Gasteiger partial charge is 0.382 e. The molecule has 0 aliphatic rings. The van der Waals surface area contributed by atoms with Gasteiger partial charge in [-0.3, -0.25) is 4.79 Å². The van der Waals surface area contributed by atoms with Gasteiger partial charge in [0.25, 0.3) is 0 Å². The Balaban J connectivity index is 2.37. The Bertz CT molecular complexity index is 388. The van der Waals surface area contributed by atoms with Crippen molar-refractivity contribution in [1.29, 1.82) is 0 Å². The number of amides is 1. The normalized spacial score (nSPS) is 10.3. The lowest BCUT2D eigenvalue weighted by Crippen LogP contribution is -2.12. The second-order valence-electron chi connectivity index (χ2n) is 3.35. The second kappa shape index (κ2) is 7.63. The maximum Gasteiger partial charge on any atom is 0.224 e. The van der Waals surface area contributed by atoms with Gasteiger partial charge in [-0.1, -0.05) is 11.6 Å². The van der Waals surface area contributed by atoms with Crippen LogP contribution in [-0.2, 0) is 9.53 Å². The van der Waals surface area contributed by atoms with Crippen LogP contribution in [0.1, 0.15) is 19.8 Å². The van der Waals surface area contributed by atoms with Crippen molar-refractivity contribution in [3.63, 3.8) is 0 Å². The van der Waals surface area contributed by atoms with E-state index in [1.807, 2.05) is 6.92 Å². The fourth-order valence-corrected chi connectivity index (χ4v) is 1.64. The summed E-state index contributed by atoms with van der Waals surface area (Å²) in [6, 6.07) is 1.72. The minimum absolute atomic E-state index is 0.0549. The lowest BCUT2D eigenvalue weighted by atomic mass is 10.3. The van der Waals surface area contributed by atoms with Crippen LogP contribution in [0.3, 0.4) is 0 Å². The zero-order valence-electron chi connectivity index (χ0n) is 9.50. The molecule has 4 nitrogen and oxygen atoms in total. The molecule has 0 unspecified atom stereocenters. The van der Waals surface area contributed by atoms with Crippen LogP contribution in [-0.4, -0.2) is 24.1 Å². The molecule has 0 spiro atoms. The smallest absolute Gasteiger partial charge is 0.224 e. The zero-order valence-corrected chi connectivity index (χ0v) is 11.8. The van der Waals surface area contributed by atoms with Gasteiger partial charge >= 0.3 is 0 Å². The molecular formula is C11H14BrClN2O2. The number of nitrogens with one attached hydrogen (secondary N) is 1. The molecule has 0 radical (unpaired) electrons. The first-order valence-electron chi connectivity index (χ1n) is 5.32. The van der Waals surface area contributed by atoms with Crippen LogP contribution in [0.15, 0.2) is 16.7 Å². The molecule has 0 saturated heterocycles. The van der Waals surface area contributed by atoms with E-state index in [4.69, 9.17) is 16.3 Å². The predicted octanol–water partition coefficient (Wildman–Crippen LogP) is 3.25. The maximum absolute atomic E-state index is 11.5. The third-order valence-electron chi connectivity index (χ3n) is 1.98. The fraction of sp³-hybridized carbons (Fsp3) is 0.455. The molecule has 17 heavy (non-hydrogen) atoms. The number of anilines is 1. The molecule has 1 rings (SSSR count). The van der Waals surface area contributed by atoms with Gasteiger partial charge in [-0.25, -0.2) is 4.98 Å². The van der Waals surface area contributed by atoms with E-state index in [1.54, 1.807) is 6.07 Å². The Hall–Kier alpha value is -0.650. The summed E-state index contributed by atoms with van der Waals surface area (Å²) >= 11 is 8.99. The average Bonchev–Trinajstić information content (AvgIpc) is 2.30. The number of rotatable bonds is 6. The highest BCUT2D eigenvalue weighted by atomic mass is 79.9. The third kappa shape index (κ3) is 5.48. The van der Waals surface area contributed by atoms with Gasteiger partial charge in [0.2, 0.25) is 5.91 Å². The monoisotopic (exact) mass is 320 g/mol. The summed E-state index contributed by atoms with van der Waals surface area (Å²) in [6.07, 6.45) is 2.66. The molecule has 0 aliphatic carbocycles. The SMILES string of the molecule is CCOCCCC(=O)Nc1cnc(Cl)c(Br)c1. The van der Waals surface area contributed by atoms with Gasteiger partial charge in [0.15, 0.2) is 0 Å². The third-order valence-corrected chi connectivity index (χ3v) is 3.11. The number of carbonyl (C=O) groups is 1. The molecule has 0 aliphatic heterocycles. The highest BCUT2D eigenvalue weighted by Crippen LogP contribution is 2.22. The summed E-state index contributed by atoms with van der Waals surface area (Å²) in [6.45, 7) is 3.21. The number of aromatic nitrogens is 1. The Morgan fingerprint density at radius 3 is 3.06 bits per heavy atom. The average molecular weight is 322 g/mol. The summed E-state index contributed by atoms with van der Waals surface area (Å²) < 4.78 is 5.81. The quantitative estimate of drug-likeness (QED) is 0.646. The summed E-state index contributed by atoms with van der Waals surface area (Å²) in [7, 11) is 0. The number of ether oxygens (including phenoxy) is 1. The number of halogens is 2. The number of pyridine rings is 1. The minimum atomic E-state index is -0.0549. The number of hydrogen-bond acceptors (Lipinski definition) is 3. The maximum atomic E-state index is 11.5. The van der Waals surface area contributed by atoms with Crippen molar-refractivity contribution < 1.29 is 9.53 Å². The Morgan fingerprint density at radius 1 is 1.65 bits per heavy atom. The van der Waals surface area contributed by atoms with E-state index in [0.29, 0.717) is 41.4 Å². The number of nitrogens with zero attached hydrogens (tertiary/aromatic N) is 1. The molecule has 0 saturated carbocycles. The van der Waals surface area contributed by atoms with E-state index in [2.05, 4.69) is 26.2 Å². The van der Waals surface area contributed by atoms with Crippen LogP contribution in [0, 0.1) is 0 Å². The summed E-state index contributed by atoms with van der Waals surface area (Å²) in [5.41, 5.74) is 0.627. The molecule has 1 amide bonds. The summed E-state index contributed by atoms with van der Waals surface area (Å²) in [5, 5.41) is 3.12. The van der Waals surface area contributed by atoms with Gasteiger partial charge in [0.05, 0.1) is 16.4 Å². The molecule has 0 aromatic carbocycles. The van der Waals surface area contributed by atoms with Gasteiger partial charge in [-0.05, 0) is 35.3 Å². The molecule has 0 bridgehead atoms. The van der Waals surface area contributed by atoms with E-state index in [0.717, 1.165) is 0 Å². The van der Waals surface area contributed by atoms with Gasteiger partial charge in [0, 0.05) is 19.6 Å². The van der Waals surface area contributed by atoms with Crippen molar-refractivity contribution in [3.8, 4) is 0 Å². The number of carbonyl (C=O) groups excluding carboxylic acids is 1. The summed E-state index contributed by atoms with van der Waals surface area (Å²) in [5.74, 6) is -0.0549. The first kappa shape index (κ1) is 14.4. The van der Waals surface area contributed by atoms with Gasteiger partial charge in [-0.2, -0.15) is 0 Å². The Labute approximate surface area is 114 Å². The highest BCUT2D eigenvalue weighted by molar-refractivity contribution is 9.10. The van der Waals surface area contributed by atoms with Crippen molar-refractivity contribution in [1.82, 2.24) is 4.98 Å². The van der Waals surface area contributed by atoms with Crippen molar-refractivity contribution >= 4 is 39.1 Å². The molecule has 1 N–H and O–H groups in total. The minimum Gasteiger partial charge on any atom is -0.382 e. The zero-order chi connectivity index (χ0) is 12.7. The predicted molar refractivity (Wildman–Crippen MR) is 71.3 cm³/mol. The van der Waals surface area contributed by atoms with E-state index >= 15 is 0 Å². The van der Waals surface area contributed by atoms with E-state index < -0.39 is 0 Å². The number of hydrogen-bond donors (Lipinski definition) is 1. The molecule has 0 fully saturated rings. The Morgan fingerprint density at radius 2 is 2.41 bits per heavy atom. The van der Waals surface area contributed by atoms with Crippen LogP contribution in [0.2, 0.25) is 5.15 Å². The van der Waals surface area contributed by atoms with Gasteiger partial charge < -0.3 is 10.1 Å². The van der Waals surface area contributed by atoms with Gasteiger partial charge in [-0.15, -0.1) is 0 Å². The molecule has 6 heteroatoms. The summed E-state index contributed by atoms with van der Waals surface area (Å²) in [4.78, 5) is 15.4. The van der Waals surface area contributed by atoms with Crippen LogP contribution < -0.4 is 5.32 Å². The van der Waals surface area contributed by atoms with Crippen molar-refractivity contribution in [3.05, 3.63) is 21.9 Å². The lowest BCUT2D eigenvalue weighted by Gasteiger charge is -2.05. The molecular weight excluding hydrogens is 307 g/mol. The Kier molecular flexibility index (Phi) is 6.47. The lowest BCUT2D eigenvalue weighted by molar-refractivity contribution is -0.116. The molecule has 94 valence electrons. The van der Waals surface area contributed by atoms with Crippen molar-refractivity contribution in [2.75, 3.05) is 18.5 Å². The van der Waals surface area contributed by atoms with Crippen LogP contribution in [0.4, 0.5) is 5.69 Å². The first-order chi connectivity index (χ1) is 8.13. The standard InChI is InChI=1S/C11H14BrClN2O2/c1-2-17-5-3-4-10(16)15-8-6-9(12)11(13)14-7-8/h6-7H,2-5H2,1H3,(H,15,16).